The van der Waals surface area contributed by atoms with E-state index in [0.717, 1.165) is 116 Å². The Bertz CT molecular complexity index is 1970. The third-order valence-corrected chi connectivity index (χ3v) is 15.1. The third kappa shape index (κ3) is 70.5. The van der Waals surface area contributed by atoms with Gasteiger partial charge in [0.25, 0.3) is 6.29 Å². The van der Waals surface area contributed by atoms with Crippen LogP contribution < -0.4 is 0 Å². The predicted molar refractivity (Wildman–Crippen MR) is 382 cm³/mol. The Labute approximate surface area is 547 Å². The van der Waals surface area contributed by atoms with Gasteiger partial charge in [-0.15, -0.1) is 0 Å². The fraction of sp³-hybridized carbons (Fsp3) is 0.662. The summed E-state index contributed by atoms with van der Waals surface area (Å²) in [5.41, 5.74) is 0. The molecular formula is C80H134NO8+. The van der Waals surface area contributed by atoms with E-state index >= 15 is 0 Å². The number of esters is 2. The maximum absolute atomic E-state index is 12.9. The molecule has 0 aromatic rings. The SMILES string of the molecule is CC/C=C\C/C=C\C/C=C\C/C=C\C/C=C\C/C=C\C/C=C\C/C=C\C/C=C\C/C=C\CCCCCCC(=O)OC(COC(=O)CCCCCCCCCCCCCCCCCCC/C=C\C/C=C\CCCCCCC)COC(OCC[N+](C)(C)C)C(=O)O. The van der Waals surface area contributed by atoms with Crippen molar-refractivity contribution < 1.29 is 42.9 Å². The van der Waals surface area contributed by atoms with Crippen LogP contribution in [0.3, 0.4) is 0 Å². The first-order chi connectivity index (χ1) is 43.6. The second-order valence-corrected chi connectivity index (χ2v) is 24.8. The zero-order valence-corrected chi connectivity index (χ0v) is 57.8. The third-order valence-electron chi connectivity index (χ3n) is 15.1. The number of quaternary nitrogens is 1. The molecule has 2 atom stereocenters. The predicted octanol–water partition coefficient (Wildman–Crippen LogP) is 22.7. The van der Waals surface area contributed by atoms with Crippen LogP contribution in [0.5, 0.6) is 0 Å². The van der Waals surface area contributed by atoms with Gasteiger partial charge in [-0.3, -0.25) is 9.59 Å². The number of carbonyl (C=O) groups excluding carboxylic acids is 2. The molecule has 0 fully saturated rings. The molecule has 9 heteroatoms. The fourth-order valence-corrected chi connectivity index (χ4v) is 9.60. The molecule has 0 heterocycles. The molecule has 0 aliphatic rings. The number of ether oxygens (including phenoxy) is 4. The number of allylic oxidation sites excluding steroid dienone is 24. The van der Waals surface area contributed by atoms with Crippen LogP contribution in [-0.2, 0) is 33.3 Å². The van der Waals surface area contributed by atoms with Crippen LogP contribution in [0, 0.1) is 0 Å². The van der Waals surface area contributed by atoms with Crippen molar-refractivity contribution in [1.29, 1.82) is 0 Å². The maximum atomic E-state index is 12.9. The molecule has 0 aromatic heterocycles. The molecular weight excluding hydrogens is 1100 g/mol. The number of aliphatic carboxylic acids is 1. The summed E-state index contributed by atoms with van der Waals surface area (Å²) in [6.07, 6.45) is 98.2. The average molecular weight is 1240 g/mol. The largest absolute Gasteiger partial charge is 0.477 e. The molecule has 9 nitrogen and oxygen atoms in total. The summed E-state index contributed by atoms with van der Waals surface area (Å²) >= 11 is 0. The van der Waals surface area contributed by atoms with Gasteiger partial charge < -0.3 is 28.5 Å². The highest BCUT2D eigenvalue weighted by atomic mass is 16.7. The Morgan fingerprint density at radius 3 is 0.955 bits per heavy atom. The highest BCUT2D eigenvalue weighted by Crippen LogP contribution is 2.16. The normalized spacial score (nSPS) is 13.6. The number of carbonyl (C=O) groups is 3. The molecule has 0 saturated heterocycles. The molecule has 0 spiro atoms. The minimum Gasteiger partial charge on any atom is -0.477 e. The van der Waals surface area contributed by atoms with E-state index in [-0.39, 0.29) is 32.2 Å². The van der Waals surface area contributed by atoms with E-state index in [4.69, 9.17) is 18.9 Å². The van der Waals surface area contributed by atoms with Gasteiger partial charge in [-0.25, -0.2) is 4.79 Å². The van der Waals surface area contributed by atoms with E-state index in [9.17, 15) is 19.5 Å². The van der Waals surface area contributed by atoms with Crippen LogP contribution in [0.15, 0.2) is 146 Å². The maximum Gasteiger partial charge on any atom is 0.361 e. The molecule has 0 amide bonds. The monoisotopic (exact) mass is 1240 g/mol. The van der Waals surface area contributed by atoms with Crippen LogP contribution in [0.25, 0.3) is 0 Å². The Morgan fingerprint density at radius 2 is 0.640 bits per heavy atom. The topological polar surface area (TPSA) is 108 Å². The molecule has 89 heavy (non-hydrogen) atoms. The molecule has 1 N–H and O–H groups in total. The standard InChI is InChI=1S/C80H133NO8/c1-6-8-10-12-14-16-18-20-22-24-26-28-30-32-34-36-37-38-39-40-41-43-45-47-49-51-53-55-57-59-61-63-65-67-69-71-78(83)89-76(75-88-80(79(84)85)86-73-72-81(3,4)5)74-87-77(82)70-68-66-64-62-60-58-56-54-52-50-48-46-44-42-35-33-31-29-27-25-23-21-19-17-15-13-11-9-7-2/h8,10,14,16,19-22,25-28,32,34,37-38,40-41,45,47,51,53,57,59,76,80H,6-7,9,11-13,15,17-18,23-24,29-31,33,35-36,39,42-44,46,48-50,52,54-56,58,60-75H2,1-5H3/p+1/b10-8-,16-14-,21-19-,22-20-,27-25-,28-26-,34-32-,38-37-,41-40-,47-45-,53-51-,59-57-. The minimum atomic E-state index is -1.53. The molecule has 0 rings (SSSR count). The Morgan fingerprint density at radius 1 is 0.348 bits per heavy atom. The van der Waals surface area contributed by atoms with E-state index in [2.05, 4.69) is 160 Å². The molecule has 0 saturated carbocycles. The number of hydrogen-bond donors (Lipinski definition) is 1. The summed E-state index contributed by atoms with van der Waals surface area (Å²) in [5, 5.41) is 9.75. The van der Waals surface area contributed by atoms with E-state index in [0.29, 0.717) is 23.9 Å². The van der Waals surface area contributed by atoms with Gasteiger partial charge in [-0.1, -0.05) is 295 Å². The van der Waals surface area contributed by atoms with Crippen molar-refractivity contribution in [3.63, 3.8) is 0 Å². The van der Waals surface area contributed by atoms with Gasteiger partial charge in [0, 0.05) is 12.8 Å². The zero-order valence-electron chi connectivity index (χ0n) is 57.8. The number of hydrogen-bond acceptors (Lipinski definition) is 7. The number of unbranched alkanes of at least 4 members (excludes halogenated alkanes) is 26. The fourth-order valence-electron chi connectivity index (χ4n) is 9.60. The van der Waals surface area contributed by atoms with Crippen molar-refractivity contribution in [2.24, 2.45) is 0 Å². The molecule has 0 aromatic carbocycles. The van der Waals surface area contributed by atoms with E-state index in [1.54, 1.807) is 0 Å². The number of likely N-dealkylation sites (N-methyl/N-ethyl adjacent to an activating group) is 1. The second kappa shape index (κ2) is 69.1. The lowest BCUT2D eigenvalue weighted by Gasteiger charge is -2.25. The summed E-state index contributed by atoms with van der Waals surface area (Å²) in [5.74, 6) is -2.04. The second-order valence-electron chi connectivity index (χ2n) is 24.8. The lowest BCUT2D eigenvalue weighted by Crippen LogP contribution is -2.40. The van der Waals surface area contributed by atoms with Gasteiger partial charge in [0.15, 0.2) is 6.10 Å². The van der Waals surface area contributed by atoms with Crippen molar-refractivity contribution in [2.75, 3.05) is 47.5 Å². The lowest BCUT2D eigenvalue weighted by atomic mass is 10.0. The number of carboxylic acids is 1. The van der Waals surface area contributed by atoms with E-state index in [1.807, 2.05) is 21.1 Å². The Balaban J connectivity index is 4.21. The highest BCUT2D eigenvalue weighted by Gasteiger charge is 2.25. The summed E-state index contributed by atoms with van der Waals surface area (Å²) in [7, 11) is 5.96. The van der Waals surface area contributed by atoms with Gasteiger partial charge >= 0.3 is 17.9 Å². The van der Waals surface area contributed by atoms with Crippen LogP contribution >= 0.6 is 0 Å². The van der Waals surface area contributed by atoms with Crippen LogP contribution in [0.1, 0.15) is 284 Å². The molecule has 0 radical (unpaired) electrons. The van der Waals surface area contributed by atoms with Crippen molar-refractivity contribution in [3.8, 4) is 0 Å². The van der Waals surface area contributed by atoms with Gasteiger partial charge in [0.1, 0.15) is 13.2 Å². The number of carboxylic acid groups (broad SMARTS) is 1. The Kier molecular flexibility index (Phi) is 65.3. The van der Waals surface area contributed by atoms with E-state index < -0.39 is 24.3 Å². The minimum absolute atomic E-state index is 0.176. The van der Waals surface area contributed by atoms with Crippen molar-refractivity contribution in [2.45, 2.75) is 296 Å². The van der Waals surface area contributed by atoms with Crippen molar-refractivity contribution in [3.05, 3.63) is 146 Å². The summed E-state index contributed by atoms with van der Waals surface area (Å²) in [6.45, 7) is 4.73. The van der Waals surface area contributed by atoms with Crippen molar-refractivity contribution >= 4 is 17.9 Å². The van der Waals surface area contributed by atoms with Crippen LogP contribution in [0.4, 0.5) is 0 Å². The first kappa shape index (κ1) is 84.2. The molecule has 506 valence electrons. The molecule has 0 bridgehead atoms. The van der Waals surface area contributed by atoms with Gasteiger partial charge in [0.05, 0.1) is 34.4 Å². The quantitative estimate of drug-likeness (QED) is 0.0211. The van der Waals surface area contributed by atoms with Gasteiger partial charge in [-0.05, 0) is 122 Å². The van der Waals surface area contributed by atoms with Crippen molar-refractivity contribution in [1.82, 2.24) is 0 Å². The zero-order chi connectivity index (χ0) is 64.7. The summed E-state index contributed by atoms with van der Waals surface area (Å²) < 4.78 is 23.0. The molecule has 0 aliphatic heterocycles. The Hall–Kier alpha value is -4.83. The molecule has 0 aliphatic carbocycles. The number of nitrogens with zero attached hydrogens (tertiary/aromatic N) is 1. The molecule has 2 unspecified atom stereocenters. The lowest BCUT2D eigenvalue weighted by molar-refractivity contribution is -0.870. The summed E-state index contributed by atoms with van der Waals surface area (Å²) in [6, 6.07) is 0. The van der Waals surface area contributed by atoms with Crippen LogP contribution in [-0.4, -0.2) is 87.4 Å². The average Bonchev–Trinajstić information content (AvgIpc) is 3.64. The summed E-state index contributed by atoms with van der Waals surface area (Å²) in [4.78, 5) is 37.6. The highest BCUT2D eigenvalue weighted by molar-refractivity contribution is 5.71. The van der Waals surface area contributed by atoms with E-state index in [1.165, 1.54) is 135 Å². The van der Waals surface area contributed by atoms with Gasteiger partial charge in [-0.2, -0.15) is 0 Å². The van der Waals surface area contributed by atoms with Crippen LogP contribution in [0.2, 0.25) is 0 Å². The first-order valence-electron chi connectivity index (χ1n) is 36.0. The number of rotatable bonds is 65. The smallest absolute Gasteiger partial charge is 0.361 e. The first-order valence-corrected chi connectivity index (χ1v) is 36.0. The van der Waals surface area contributed by atoms with Gasteiger partial charge in [0.2, 0.25) is 0 Å².